The van der Waals surface area contributed by atoms with E-state index in [9.17, 15) is 18.4 Å². The number of ether oxygens (including phenoxy) is 1. The first-order valence-electron chi connectivity index (χ1n) is 6.15. The topological polar surface area (TPSA) is 70.1 Å². The van der Waals surface area contributed by atoms with Gasteiger partial charge in [0.2, 0.25) is 0 Å². The lowest BCUT2D eigenvalue weighted by Gasteiger charge is -2.32. The highest BCUT2D eigenvalue weighted by atomic mass is 19.3. The Balaban J connectivity index is 1.82. The number of piperidine rings is 1. The molecule has 1 atom stereocenters. The standard InChI is InChI=1S/C11H16F2N2O4/c12-11(13)2-5-14(6-3-11)4-1-8-9(16)19-7-15(8)10(17)18/h8H,1-7H2,(H,17,18). The predicted molar refractivity (Wildman–Crippen MR) is 59.8 cm³/mol. The van der Waals surface area contributed by atoms with Crippen LogP contribution in [-0.2, 0) is 9.53 Å². The molecule has 6 nitrogen and oxygen atoms in total. The summed E-state index contributed by atoms with van der Waals surface area (Å²) in [6.45, 7) is 0.695. The summed E-state index contributed by atoms with van der Waals surface area (Å²) in [5.74, 6) is -3.17. The third-order valence-electron chi connectivity index (χ3n) is 3.55. The molecule has 1 amide bonds. The number of likely N-dealkylation sites (tertiary alicyclic amines) is 1. The van der Waals surface area contributed by atoms with Crippen LogP contribution in [0.5, 0.6) is 0 Å². The minimum absolute atomic E-state index is 0.190. The van der Waals surface area contributed by atoms with Gasteiger partial charge in [-0.1, -0.05) is 0 Å². The summed E-state index contributed by atoms with van der Waals surface area (Å²) in [4.78, 5) is 25.0. The third kappa shape index (κ3) is 3.31. The second-order valence-corrected chi connectivity index (χ2v) is 4.85. The number of carbonyl (C=O) groups excluding carboxylic acids is 1. The monoisotopic (exact) mass is 278 g/mol. The van der Waals surface area contributed by atoms with Gasteiger partial charge < -0.3 is 14.7 Å². The fraction of sp³-hybridized carbons (Fsp3) is 0.818. The van der Waals surface area contributed by atoms with E-state index >= 15 is 0 Å². The molecule has 8 heteroatoms. The molecule has 1 N–H and O–H groups in total. The first-order valence-corrected chi connectivity index (χ1v) is 6.15. The Morgan fingerprint density at radius 2 is 2.05 bits per heavy atom. The van der Waals surface area contributed by atoms with E-state index in [0.717, 1.165) is 4.90 Å². The number of esters is 1. The Kier molecular flexibility index (Phi) is 3.88. The first kappa shape index (κ1) is 14.0. The molecule has 0 aromatic carbocycles. The minimum atomic E-state index is -2.60. The second-order valence-electron chi connectivity index (χ2n) is 4.85. The van der Waals surface area contributed by atoms with Gasteiger partial charge in [-0.2, -0.15) is 0 Å². The van der Waals surface area contributed by atoms with E-state index < -0.39 is 24.0 Å². The predicted octanol–water partition coefficient (Wildman–Crippen LogP) is 0.971. The SMILES string of the molecule is O=C1OCN(C(=O)O)C1CCN1CCC(F)(F)CC1. The zero-order chi connectivity index (χ0) is 14.0. The molecule has 0 aromatic rings. The number of hydrogen-bond acceptors (Lipinski definition) is 4. The van der Waals surface area contributed by atoms with Crippen LogP contribution in [0.1, 0.15) is 19.3 Å². The summed E-state index contributed by atoms with van der Waals surface area (Å²) in [6, 6.07) is -0.820. The van der Waals surface area contributed by atoms with Gasteiger partial charge in [0.25, 0.3) is 5.92 Å². The van der Waals surface area contributed by atoms with Crippen LogP contribution >= 0.6 is 0 Å². The van der Waals surface area contributed by atoms with Crippen molar-refractivity contribution in [1.82, 2.24) is 9.80 Å². The molecular formula is C11H16F2N2O4. The van der Waals surface area contributed by atoms with Crippen molar-refractivity contribution in [3.05, 3.63) is 0 Å². The van der Waals surface area contributed by atoms with Crippen LogP contribution in [-0.4, -0.2) is 65.3 Å². The normalized spacial score (nSPS) is 27.4. The van der Waals surface area contributed by atoms with Crippen LogP contribution in [0.25, 0.3) is 0 Å². The summed E-state index contributed by atoms with van der Waals surface area (Å²) < 4.78 is 30.6. The highest BCUT2D eigenvalue weighted by Gasteiger charge is 2.39. The van der Waals surface area contributed by atoms with Crippen LogP contribution in [0.2, 0.25) is 0 Å². The quantitative estimate of drug-likeness (QED) is 0.779. The molecule has 2 fully saturated rings. The Hall–Kier alpha value is -1.44. The molecule has 0 saturated carbocycles. The maximum atomic E-state index is 13.0. The third-order valence-corrected chi connectivity index (χ3v) is 3.55. The van der Waals surface area contributed by atoms with E-state index in [1.54, 1.807) is 0 Å². The zero-order valence-electron chi connectivity index (χ0n) is 10.3. The van der Waals surface area contributed by atoms with E-state index in [1.165, 1.54) is 0 Å². The summed E-state index contributed by atoms with van der Waals surface area (Å²) >= 11 is 0. The average Bonchev–Trinajstić information content (AvgIpc) is 2.69. The number of alkyl halides is 2. The number of carboxylic acid groups (broad SMARTS) is 1. The smallest absolute Gasteiger partial charge is 0.410 e. The largest absolute Gasteiger partial charge is 0.465 e. The summed E-state index contributed by atoms with van der Waals surface area (Å²) in [6.07, 6.45) is -1.31. The summed E-state index contributed by atoms with van der Waals surface area (Å²) in [5, 5.41) is 8.89. The van der Waals surface area contributed by atoms with Crippen molar-refractivity contribution in [2.24, 2.45) is 0 Å². The lowest BCUT2D eigenvalue weighted by Crippen LogP contribution is -2.43. The second kappa shape index (κ2) is 5.28. The van der Waals surface area contributed by atoms with E-state index in [2.05, 4.69) is 4.74 Å². The number of cyclic esters (lactones) is 1. The molecule has 2 aliphatic heterocycles. The van der Waals surface area contributed by atoms with Crippen molar-refractivity contribution < 1.29 is 28.2 Å². The van der Waals surface area contributed by atoms with Gasteiger partial charge in [0.1, 0.15) is 6.04 Å². The molecular weight excluding hydrogens is 262 g/mol. The van der Waals surface area contributed by atoms with Gasteiger partial charge in [-0.3, -0.25) is 4.90 Å². The Morgan fingerprint density at radius 1 is 1.42 bits per heavy atom. The average molecular weight is 278 g/mol. The molecule has 108 valence electrons. The van der Waals surface area contributed by atoms with Gasteiger partial charge in [0.15, 0.2) is 6.73 Å². The molecule has 0 aromatic heterocycles. The van der Waals surface area contributed by atoms with Crippen molar-refractivity contribution in [2.45, 2.75) is 31.2 Å². The molecule has 0 radical (unpaired) electrons. The van der Waals surface area contributed by atoms with Gasteiger partial charge in [-0.25, -0.2) is 18.4 Å². The van der Waals surface area contributed by atoms with Crippen LogP contribution in [0, 0.1) is 0 Å². The van der Waals surface area contributed by atoms with Crippen molar-refractivity contribution >= 4 is 12.1 Å². The molecule has 0 spiro atoms. The van der Waals surface area contributed by atoms with Crippen LogP contribution in [0.15, 0.2) is 0 Å². The molecule has 0 bridgehead atoms. The summed E-state index contributed by atoms with van der Waals surface area (Å²) in [7, 11) is 0. The summed E-state index contributed by atoms with van der Waals surface area (Å²) in [5.41, 5.74) is 0. The number of rotatable bonds is 3. The van der Waals surface area contributed by atoms with E-state index in [-0.39, 0.29) is 39.1 Å². The maximum absolute atomic E-state index is 13.0. The van der Waals surface area contributed by atoms with Crippen LogP contribution in [0.3, 0.4) is 0 Å². The highest BCUT2D eigenvalue weighted by Crippen LogP contribution is 2.28. The Morgan fingerprint density at radius 3 is 2.63 bits per heavy atom. The van der Waals surface area contributed by atoms with Crippen LogP contribution < -0.4 is 0 Å². The van der Waals surface area contributed by atoms with Gasteiger partial charge in [-0.15, -0.1) is 0 Å². The number of hydrogen-bond donors (Lipinski definition) is 1. The fourth-order valence-corrected chi connectivity index (χ4v) is 2.32. The lowest BCUT2D eigenvalue weighted by atomic mass is 10.1. The Labute approximate surface area is 108 Å². The Bertz CT molecular complexity index is 368. The van der Waals surface area contributed by atoms with E-state index in [4.69, 9.17) is 5.11 Å². The van der Waals surface area contributed by atoms with E-state index in [0.29, 0.717) is 6.54 Å². The maximum Gasteiger partial charge on any atom is 0.410 e. The van der Waals surface area contributed by atoms with Crippen molar-refractivity contribution in [2.75, 3.05) is 26.4 Å². The first-order chi connectivity index (χ1) is 8.89. The fourth-order valence-electron chi connectivity index (χ4n) is 2.32. The van der Waals surface area contributed by atoms with Crippen LogP contribution in [0.4, 0.5) is 13.6 Å². The van der Waals surface area contributed by atoms with E-state index in [1.807, 2.05) is 4.90 Å². The molecule has 2 saturated heterocycles. The van der Waals surface area contributed by atoms with Crippen molar-refractivity contribution in [1.29, 1.82) is 0 Å². The number of halogens is 2. The lowest BCUT2D eigenvalue weighted by molar-refractivity contribution is -0.139. The van der Waals surface area contributed by atoms with Crippen molar-refractivity contribution in [3.63, 3.8) is 0 Å². The molecule has 2 aliphatic rings. The number of carbonyl (C=O) groups is 2. The van der Waals surface area contributed by atoms with Gasteiger partial charge >= 0.3 is 12.1 Å². The van der Waals surface area contributed by atoms with Crippen molar-refractivity contribution in [3.8, 4) is 0 Å². The molecule has 1 unspecified atom stereocenters. The number of nitrogens with zero attached hydrogens (tertiary/aromatic N) is 2. The van der Waals surface area contributed by atoms with Gasteiger partial charge in [0.05, 0.1) is 0 Å². The van der Waals surface area contributed by atoms with Gasteiger partial charge in [0, 0.05) is 32.5 Å². The zero-order valence-corrected chi connectivity index (χ0v) is 10.3. The molecule has 0 aliphatic carbocycles. The van der Waals surface area contributed by atoms with Gasteiger partial charge in [-0.05, 0) is 6.42 Å². The molecule has 2 heterocycles. The molecule has 19 heavy (non-hydrogen) atoms. The molecule has 2 rings (SSSR count). The minimum Gasteiger partial charge on any atom is -0.465 e. The highest BCUT2D eigenvalue weighted by molar-refractivity contribution is 5.83. The number of amides is 1.